The number of Topliss-reactive ketones (excluding diaryl/α,β-unsaturated/α-hetero) is 2. The molecule has 0 radical (unpaired) electrons. The monoisotopic (exact) mass is 546 g/mol. The highest BCUT2D eigenvalue weighted by Gasteiger charge is 2.59. The van der Waals surface area contributed by atoms with Gasteiger partial charge in [-0.1, -0.05) is 80.7 Å². The van der Waals surface area contributed by atoms with E-state index in [9.17, 15) is 29.4 Å². The van der Waals surface area contributed by atoms with E-state index >= 15 is 0 Å². The van der Waals surface area contributed by atoms with Gasteiger partial charge in [0, 0.05) is 25.0 Å². The van der Waals surface area contributed by atoms with Gasteiger partial charge in [0.2, 0.25) is 17.6 Å². The number of nitrogens with one attached hydrogen (secondary N) is 2. The molecule has 3 rings (SSSR count). The molecular weight excluding hydrogens is 512 g/mol. The second kappa shape index (κ2) is 14.2. The van der Waals surface area contributed by atoms with E-state index in [1.807, 2.05) is 18.2 Å². The first-order chi connectivity index (χ1) is 19.1. The first kappa shape index (κ1) is 30.2. The van der Waals surface area contributed by atoms with E-state index < -0.39 is 35.4 Å². The lowest BCUT2D eigenvalue weighted by atomic mass is 9.88. The van der Waals surface area contributed by atoms with Gasteiger partial charge in [-0.15, -0.1) is 0 Å². The van der Waals surface area contributed by atoms with Crippen molar-refractivity contribution in [2.24, 2.45) is 5.92 Å². The molecule has 1 saturated heterocycles. The summed E-state index contributed by atoms with van der Waals surface area (Å²) < 4.78 is 5.35. The van der Waals surface area contributed by atoms with Gasteiger partial charge in [0.05, 0.1) is 5.70 Å². The van der Waals surface area contributed by atoms with Crippen LogP contribution in [0.25, 0.3) is 0 Å². The van der Waals surface area contributed by atoms with Crippen LogP contribution in [0.3, 0.4) is 0 Å². The van der Waals surface area contributed by atoms with Gasteiger partial charge < -0.3 is 25.6 Å². The van der Waals surface area contributed by atoms with Gasteiger partial charge in [-0.3, -0.25) is 19.2 Å². The first-order valence-corrected chi connectivity index (χ1v) is 13.0. The summed E-state index contributed by atoms with van der Waals surface area (Å²) in [5.41, 5.74) is -1.66. The lowest BCUT2D eigenvalue weighted by molar-refractivity contribution is -0.121. The maximum absolute atomic E-state index is 12.5. The number of rotatable bonds is 12. The molecule has 210 valence electrons. The van der Waals surface area contributed by atoms with Gasteiger partial charge in [-0.05, 0) is 24.5 Å². The Bertz CT molecular complexity index is 1290. The largest absolute Gasteiger partial charge is 0.510 e. The Morgan fingerprint density at radius 1 is 0.950 bits per heavy atom. The summed E-state index contributed by atoms with van der Waals surface area (Å²) in [6, 6.07) is 0. The van der Waals surface area contributed by atoms with Gasteiger partial charge in [0.15, 0.2) is 11.9 Å². The van der Waals surface area contributed by atoms with Crippen LogP contribution in [0.15, 0.2) is 108 Å². The zero-order valence-corrected chi connectivity index (χ0v) is 22.4. The third-order valence-corrected chi connectivity index (χ3v) is 6.00. The van der Waals surface area contributed by atoms with Crippen LogP contribution in [-0.2, 0) is 23.9 Å². The standard InChI is InChI=1S/C31H34N2O7/c1-21(2)14-10-6-5-8-11-15-25(36)32-22-20-31(39,30-29(40-30)28(22)38)19-13-9-4-3-7-12-16-26(37)33-27-23(34)17-18-24(27)35/h3-13,15-16,19-21,29-30,34,39H,14,17-18H2,1-2H3,(H,32,36)(H,33,37)/b7-3+,8-5+,9-4+,10-6+,15-11+,16-12+,19-13+/t29-,30+,31+/m1/s1. The molecule has 3 aliphatic rings. The van der Waals surface area contributed by atoms with Crippen molar-refractivity contribution < 1.29 is 34.1 Å². The molecule has 3 atom stereocenters. The summed E-state index contributed by atoms with van der Waals surface area (Å²) in [7, 11) is 0. The van der Waals surface area contributed by atoms with Crippen LogP contribution in [0.1, 0.15) is 33.1 Å². The maximum atomic E-state index is 12.5. The van der Waals surface area contributed by atoms with E-state index in [1.165, 1.54) is 30.4 Å². The quantitative estimate of drug-likeness (QED) is 0.167. The zero-order valence-electron chi connectivity index (χ0n) is 22.4. The minimum atomic E-state index is -1.57. The normalized spacial score (nSPS) is 25.2. The average molecular weight is 547 g/mol. The van der Waals surface area contributed by atoms with Crippen molar-refractivity contribution in [3.63, 3.8) is 0 Å². The zero-order chi connectivity index (χ0) is 29.1. The Morgan fingerprint density at radius 2 is 1.55 bits per heavy atom. The molecule has 0 aromatic heterocycles. The van der Waals surface area contributed by atoms with E-state index in [0.717, 1.165) is 6.42 Å². The summed E-state index contributed by atoms with van der Waals surface area (Å²) >= 11 is 0. The third-order valence-electron chi connectivity index (χ3n) is 6.00. The van der Waals surface area contributed by atoms with Gasteiger partial charge in [0.25, 0.3) is 0 Å². The second-order valence-electron chi connectivity index (χ2n) is 9.80. The molecule has 0 bridgehead atoms. The summed E-state index contributed by atoms with van der Waals surface area (Å²) in [5.74, 6) is -1.27. The minimum absolute atomic E-state index is 0.0305. The van der Waals surface area contributed by atoms with E-state index in [0.29, 0.717) is 5.92 Å². The molecule has 9 heteroatoms. The van der Waals surface area contributed by atoms with Crippen LogP contribution in [-0.4, -0.2) is 51.4 Å². The van der Waals surface area contributed by atoms with E-state index in [4.69, 9.17) is 4.74 Å². The second-order valence-corrected chi connectivity index (χ2v) is 9.80. The highest BCUT2D eigenvalue weighted by molar-refractivity contribution is 6.06. The summed E-state index contributed by atoms with van der Waals surface area (Å²) in [4.78, 5) is 48.1. The Hall–Kier alpha value is -4.34. The number of aliphatic hydroxyl groups is 2. The number of fused-ring (bicyclic) bond motifs is 1. The molecule has 1 aliphatic heterocycles. The highest BCUT2D eigenvalue weighted by Crippen LogP contribution is 2.40. The van der Waals surface area contributed by atoms with Crippen LogP contribution in [0.4, 0.5) is 0 Å². The fraction of sp³-hybridized carbons (Fsp3) is 0.290. The number of ether oxygens (including phenoxy) is 1. The molecule has 0 spiro atoms. The van der Waals surface area contributed by atoms with Crippen molar-refractivity contribution in [2.45, 2.75) is 50.9 Å². The Balaban J connectivity index is 1.50. The minimum Gasteiger partial charge on any atom is -0.510 e. The maximum Gasteiger partial charge on any atom is 0.248 e. The van der Waals surface area contributed by atoms with Crippen LogP contribution >= 0.6 is 0 Å². The van der Waals surface area contributed by atoms with Gasteiger partial charge in [-0.2, -0.15) is 0 Å². The fourth-order valence-electron chi connectivity index (χ4n) is 3.88. The van der Waals surface area contributed by atoms with Crippen LogP contribution in [0.2, 0.25) is 0 Å². The molecule has 1 fully saturated rings. The highest BCUT2D eigenvalue weighted by atomic mass is 16.6. The van der Waals surface area contributed by atoms with Crippen molar-refractivity contribution in [1.82, 2.24) is 10.6 Å². The number of epoxide rings is 1. The van der Waals surface area contributed by atoms with E-state index in [2.05, 4.69) is 24.5 Å². The molecule has 4 N–H and O–H groups in total. The molecule has 40 heavy (non-hydrogen) atoms. The molecule has 0 aromatic carbocycles. The first-order valence-electron chi connectivity index (χ1n) is 13.0. The lowest BCUT2D eigenvalue weighted by Crippen LogP contribution is -2.42. The van der Waals surface area contributed by atoms with Gasteiger partial charge in [0.1, 0.15) is 23.2 Å². The fourth-order valence-corrected chi connectivity index (χ4v) is 3.88. The smallest absolute Gasteiger partial charge is 0.248 e. The number of hydrogen-bond donors (Lipinski definition) is 4. The van der Waals surface area contributed by atoms with Crippen molar-refractivity contribution in [3.8, 4) is 0 Å². The number of aliphatic hydroxyl groups excluding tert-OH is 1. The Kier molecular flexibility index (Phi) is 10.7. The number of carbonyl (C=O) groups excluding carboxylic acids is 4. The van der Waals surface area contributed by atoms with Crippen LogP contribution < -0.4 is 10.6 Å². The summed E-state index contributed by atoms with van der Waals surface area (Å²) in [5, 5.41) is 25.5. The molecular formula is C31H34N2O7. The van der Waals surface area contributed by atoms with Crippen molar-refractivity contribution >= 4 is 23.4 Å². The van der Waals surface area contributed by atoms with Crippen molar-refractivity contribution in [2.75, 3.05) is 0 Å². The third kappa shape index (κ3) is 8.86. The lowest BCUT2D eigenvalue weighted by Gasteiger charge is -2.23. The van der Waals surface area contributed by atoms with Crippen molar-refractivity contribution in [3.05, 3.63) is 108 Å². The van der Waals surface area contributed by atoms with Crippen LogP contribution in [0, 0.1) is 5.92 Å². The molecule has 1 heterocycles. The van der Waals surface area contributed by atoms with E-state index in [1.54, 1.807) is 42.5 Å². The predicted octanol–water partition coefficient (Wildman–Crippen LogP) is 3.26. The number of hydrogen-bond acceptors (Lipinski definition) is 7. The van der Waals surface area contributed by atoms with E-state index in [-0.39, 0.29) is 35.8 Å². The molecule has 0 unspecified atom stereocenters. The van der Waals surface area contributed by atoms with Gasteiger partial charge in [-0.25, -0.2) is 0 Å². The average Bonchev–Trinajstić information content (AvgIpc) is 3.66. The Labute approximate surface area is 233 Å². The SMILES string of the molecule is CC(C)C/C=C/C=C/C=C/C(=O)NC1=C[C@@](O)(/C=C/C=C/C=C/C=C/C(=O)NC2=C(O)CCC2=O)[C@H]2O[C@@H]2C1=O. The molecule has 0 aromatic rings. The molecule has 0 saturated carbocycles. The topological polar surface area (TPSA) is 145 Å². The number of carbonyl (C=O) groups is 4. The summed E-state index contributed by atoms with van der Waals surface area (Å²) in [6.07, 6.45) is 23.7. The predicted molar refractivity (Wildman–Crippen MR) is 150 cm³/mol. The Morgan fingerprint density at radius 3 is 2.17 bits per heavy atom. The van der Waals surface area contributed by atoms with Crippen molar-refractivity contribution in [1.29, 1.82) is 0 Å². The summed E-state index contributed by atoms with van der Waals surface area (Å²) in [6.45, 7) is 4.25. The molecule has 9 nitrogen and oxygen atoms in total. The number of amides is 2. The number of ketones is 2. The molecule has 2 amide bonds. The van der Waals surface area contributed by atoms with Gasteiger partial charge >= 0.3 is 0 Å². The molecule has 2 aliphatic carbocycles. The number of allylic oxidation sites excluding steroid dienone is 13. The van der Waals surface area contributed by atoms with Crippen LogP contribution in [0.5, 0.6) is 0 Å².